The van der Waals surface area contributed by atoms with Crippen molar-refractivity contribution >= 4 is 17.4 Å². The predicted octanol–water partition coefficient (Wildman–Crippen LogP) is 4.36. The number of likely N-dealkylation sites (tertiary alicyclic amines) is 1. The molecule has 1 N–H and O–H groups in total. The molecular formula is C25H20FNO5. The second-order valence-corrected chi connectivity index (χ2v) is 7.98. The first-order valence-corrected chi connectivity index (χ1v) is 10.3. The maximum absolute atomic E-state index is 14.8. The molecule has 3 heterocycles. The SMILES string of the molecule is CC1Cc2cc(/C(O)=C3\C(=O)C(=O)N(Cc4ccco4)C3c3ccccc3F)ccc2O1. The van der Waals surface area contributed by atoms with Gasteiger partial charge in [-0.1, -0.05) is 18.2 Å². The average molecular weight is 433 g/mol. The lowest BCUT2D eigenvalue weighted by atomic mass is 9.94. The maximum atomic E-state index is 14.8. The van der Waals surface area contributed by atoms with E-state index in [1.165, 1.54) is 29.4 Å². The highest BCUT2D eigenvalue weighted by Crippen LogP contribution is 2.42. The lowest BCUT2D eigenvalue weighted by molar-refractivity contribution is -0.140. The molecule has 2 atom stereocenters. The number of hydrogen-bond donors (Lipinski definition) is 1. The molecule has 0 saturated carbocycles. The largest absolute Gasteiger partial charge is 0.507 e. The number of benzene rings is 2. The van der Waals surface area contributed by atoms with Gasteiger partial charge in [-0.2, -0.15) is 0 Å². The molecule has 6 nitrogen and oxygen atoms in total. The molecule has 1 fully saturated rings. The fraction of sp³-hybridized carbons (Fsp3) is 0.200. The highest BCUT2D eigenvalue weighted by Gasteiger charge is 2.47. The third kappa shape index (κ3) is 3.26. The van der Waals surface area contributed by atoms with Crippen LogP contribution in [0.1, 0.15) is 35.4 Å². The Labute approximate surface area is 183 Å². The number of halogens is 1. The molecule has 0 spiro atoms. The molecule has 5 rings (SSSR count). The molecular weight excluding hydrogens is 413 g/mol. The summed E-state index contributed by atoms with van der Waals surface area (Å²) in [6.07, 6.45) is 2.14. The smallest absolute Gasteiger partial charge is 0.296 e. The fourth-order valence-electron chi connectivity index (χ4n) is 4.36. The summed E-state index contributed by atoms with van der Waals surface area (Å²) in [7, 11) is 0. The van der Waals surface area contributed by atoms with Crippen LogP contribution in [0, 0.1) is 5.82 Å². The summed E-state index contributed by atoms with van der Waals surface area (Å²) in [6, 6.07) is 13.3. The van der Waals surface area contributed by atoms with Crippen LogP contribution in [0.3, 0.4) is 0 Å². The van der Waals surface area contributed by atoms with Gasteiger partial charge in [0.25, 0.3) is 11.7 Å². The molecule has 2 aliphatic heterocycles. The highest BCUT2D eigenvalue weighted by atomic mass is 19.1. The zero-order chi connectivity index (χ0) is 22.4. The van der Waals surface area contributed by atoms with Gasteiger partial charge in [-0.05, 0) is 48.9 Å². The van der Waals surface area contributed by atoms with Crippen LogP contribution in [-0.4, -0.2) is 27.8 Å². The number of aliphatic hydroxyl groups is 1. The van der Waals surface area contributed by atoms with Gasteiger partial charge in [0.05, 0.1) is 24.4 Å². The van der Waals surface area contributed by atoms with E-state index in [4.69, 9.17) is 9.15 Å². The van der Waals surface area contributed by atoms with Crippen LogP contribution in [0.4, 0.5) is 4.39 Å². The van der Waals surface area contributed by atoms with Crippen LogP contribution in [0.2, 0.25) is 0 Å². The van der Waals surface area contributed by atoms with Crippen molar-refractivity contribution in [3.63, 3.8) is 0 Å². The molecule has 7 heteroatoms. The van der Waals surface area contributed by atoms with Crippen molar-refractivity contribution in [3.05, 3.63) is 94.7 Å². The standard InChI is InChI=1S/C25H20FNO5/c1-14-11-16-12-15(8-9-20(16)32-14)23(28)21-22(18-6-2-3-7-19(18)26)27(25(30)24(21)29)13-17-5-4-10-31-17/h2-10,12,14,22,28H,11,13H2,1H3/b23-21+. The Morgan fingerprint density at radius 1 is 1.16 bits per heavy atom. The molecule has 0 bridgehead atoms. The molecule has 0 aliphatic carbocycles. The lowest BCUT2D eigenvalue weighted by Crippen LogP contribution is -2.29. The predicted molar refractivity (Wildman–Crippen MR) is 113 cm³/mol. The van der Waals surface area contributed by atoms with E-state index in [-0.39, 0.29) is 29.5 Å². The van der Waals surface area contributed by atoms with Crippen molar-refractivity contribution in [2.45, 2.75) is 32.0 Å². The van der Waals surface area contributed by atoms with Crippen molar-refractivity contribution in [2.24, 2.45) is 0 Å². The second kappa shape index (κ2) is 7.67. The number of Topliss-reactive ketones (excluding diaryl/α,β-unsaturated/α-hetero) is 1. The maximum Gasteiger partial charge on any atom is 0.296 e. The van der Waals surface area contributed by atoms with Gasteiger partial charge in [0.15, 0.2) is 0 Å². The van der Waals surface area contributed by atoms with Crippen LogP contribution in [0.25, 0.3) is 5.76 Å². The number of aliphatic hydroxyl groups excluding tert-OH is 1. The summed E-state index contributed by atoms with van der Waals surface area (Å²) in [5, 5.41) is 11.2. The minimum absolute atomic E-state index is 0.0136. The van der Waals surface area contributed by atoms with Crippen LogP contribution >= 0.6 is 0 Å². The van der Waals surface area contributed by atoms with E-state index in [1.807, 2.05) is 6.92 Å². The van der Waals surface area contributed by atoms with Crippen LogP contribution < -0.4 is 4.74 Å². The quantitative estimate of drug-likeness (QED) is 0.376. The molecule has 32 heavy (non-hydrogen) atoms. The van der Waals surface area contributed by atoms with Crippen molar-refractivity contribution in [1.82, 2.24) is 4.90 Å². The van der Waals surface area contributed by atoms with E-state index >= 15 is 0 Å². The van der Waals surface area contributed by atoms with Gasteiger partial charge in [0.2, 0.25) is 0 Å². The second-order valence-electron chi connectivity index (χ2n) is 7.98. The number of rotatable bonds is 4. The normalized spacial score (nSPS) is 21.6. The molecule has 162 valence electrons. The third-order valence-corrected chi connectivity index (χ3v) is 5.82. The molecule has 0 radical (unpaired) electrons. The number of carbonyl (C=O) groups excluding carboxylic acids is 2. The topological polar surface area (TPSA) is 80.0 Å². The number of amides is 1. The Hall–Kier alpha value is -3.87. The van der Waals surface area contributed by atoms with Crippen molar-refractivity contribution in [2.75, 3.05) is 0 Å². The van der Waals surface area contributed by atoms with Crippen molar-refractivity contribution < 1.29 is 28.2 Å². The van der Waals surface area contributed by atoms with Gasteiger partial charge in [-0.3, -0.25) is 9.59 Å². The number of ketones is 1. The van der Waals surface area contributed by atoms with Gasteiger partial charge in [-0.15, -0.1) is 0 Å². The summed E-state index contributed by atoms with van der Waals surface area (Å²) >= 11 is 0. The van der Waals surface area contributed by atoms with E-state index in [2.05, 4.69) is 0 Å². The zero-order valence-corrected chi connectivity index (χ0v) is 17.2. The van der Waals surface area contributed by atoms with Crippen LogP contribution in [-0.2, 0) is 22.6 Å². The number of ether oxygens (including phenoxy) is 1. The summed E-state index contributed by atoms with van der Waals surface area (Å²) in [5.74, 6) is -1.46. The molecule has 2 aromatic carbocycles. The first-order chi connectivity index (χ1) is 15.4. The van der Waals surface area contributed by atoms with Crippen molar-refractivity contribution in [3.8, 4) is 5.75 Å². The molecule has 1 amide bonds. The Bertz CT molecular complexity index is 1250. The summed E-state index contributed by atoms with van der Waals surface area (Å²) in [6.45, 7) is 1.90. The monoisotopic (exact) mass is 433 g/mol. The lowest BCUT2D eigenvalue weighted by Gasteiger charge is -2.24. The van der Waals surface area contributed by atoms with Gasteiger partial charge >= 0.3 is 0 Å². The number of carbonyl (C=O) groups is 2. The van der Waals surface area contributed by atoms with E-state index in [0.29, 0.717) is 17.7 Å². The van der Waals surface area contributed by atoms with Gasteiger partial charge in [0.1, 0.15) is 29.2 Å². The highest BCUT2D eigenvalue weighted by molar-refractivity contribution is 6.46. The Kier molecular flexibility index (Phi) is 4.81. The minimum Gasteiger partial charge on any atom is -0.507 e. The minimum atomic E-state index is -1.09. The molecule has 1 saturated heterocycles. The van der Waals surface area contributed by atoms with Crippen molar-refractivity contribution in [1.29, 1.82) is 0 Å². The van der Waals surface area contributed by atoms with E-state index < -0.39 is 23.5 Å². The first-order valence-electron chi connectivity index (χ1n) is 10.3. The van der Waals surface area contributed by atoms with Gasteiger partial charge in [0, 0.05) is 17.5 Å². The number of furan rings is 1. The van der Waals surface area contributed by atoms with Crippen LogP contribution in [0.5, 0.6) is 5.75 Å². The summed E-state index contributed by atoms with van der Waals surface area (Å²) in [5.41, 5.74) is 1.24. The number of hydrogen-bond acceptors (Lipinski definition) is 5. The van der Waals surface area contributed by atoms with E-state index in [0.717, 1.165) is 11.3 Å². The Morgan fingerprint density at radius 2 is 1.97 bits per heavy atom. The van der Waals surface area contributed by atoms with Gasteiger partial charge < -0.3 is 19.2 Å². The zero-order valence-electron chi connectivity index (χ0n) is 17.2. The summed E-state index contributed by atoms with van der Waals surface area (Å²) < 4.78 is 25.9. The first kappa shape index (κ1) is 20.1. The average Bonchev–Trinajstić information content (AvgIpc) is 3.48. The van der Waals surface area contributed by atoms with Gasteiger partial charge in [-0.25, -0.2) is 4.39 Å². The number of fused-ring (bicyclic) bond motifs is 1. The molecule has 2 unspecified atom stereocenters. The third-order valence-electron chi connectivity index (χ3n) is 5.82. The Balaban J connectivity index is 1.65. The van der Waals surface area contributed by atoms with E-state index in [1.54, 1.807) is 36.4 Å². The Morgan fingerprint density at radius 3 is 2.72 bits per heavy atom. The fourth-order valence-corrected chi connectivity index (χ4v) is 4.36. The van der Waals surface area contributed by atoms with E-state index in [9.17, 15) is 19.1 Å². The molecule has 2 aliphatic rings. The summed E-state index contributed by atoms with van der Waals surface area (Å²) in [4.78, 5) is 27.2. The van der Waals surface area contributed by atoms with Crippen LogP contribution in [0.15, 0.2) is 70.9 Å². The number of nitrogens with zero attached hydrogens (tertiary/aromatic N) is 1. The molecule has 1 aromatic heterocycles. The molecule has 3 aromatic rings.